The molecular formula is C34H22F6N4O6. The minimum atomic E-state index is -5.02. The van der Waals surface area contributed by atoms with Crippen LogP contribution in [0.15, 0.2) is 109 Å². The summed E-state index contributed by atoms with van der Waals surface area (Å²) in [5, 5.41) is 22.0. The molecule has 6 rings (SSSR count). The van der Waals surface area contributed by atoms with Crippen LogP contribution in [0.2, 0.25) is 0 Å². The van der Waals surface area contributed by atoms with Crippen molar-refractivity contribution in [2.75, 3.05) is 0 Å². The topological polar surface area (TPSA) is 130 Å². The minimum absolute atomic E-state index is 0.0313. The number of aromatic nitrogens is 2. The quantitative estimate of drug-likeness (QED) is 0.0678. The number of carbonyl (C=O) groups excluding carboxylic acids is 2. The van der Waals surface area contributed by atoms with E-state index in [9.17, 15) is 56.2 Å². The number of non-ortho nitro benzene ring substituents is 2. The van der Waals surface area contributed by atoms with Gasteiger partial charge in [0.15, 0.2) is 0 Å². The third kappa shape index (κ3) is 7.53. The van der Waals surface area contributed by atoms with Gasteiger partial charge in [-0.2, -0.15) is 26.3 Å². The van der Waals surface area contributed by atoms with Gasteiger partial charge in [-0.25, -0.2) is 0 Å². The Morgan fingerprint density at radius 3 is 1.20 bits per heavy atom. The number of carbonyl (C=O) groups is 2. The van der Waals surface area contributed by atoms with Crippen LogP contribution in [0.1, 0.15) is 31.8 Å². The van der Waals surface area contributed by atoms with Crippen LogP contribution < -0.4 is 0 Å². The lowest BCUT2D eigenvalue weighted by atomic mass is 10.1. The van der Waals surface area contributed by atoms with Gasteiger partial charge in [0, 0.05) is 60.5 Å². The van der Waals surface area contributed by atoms with Crippen LogP contribution in [-0.4, -0.2) is 42.9 Å². The molecule has 50 heavy (non-hydrogen) atoms. The Balaban J connectivity index is 0.000000194. The second kappa shape index (κ2) is 13.7. The molecule has 0 aliphatic carbocycles. The van der Waals surface area contributed by atoms with Crippen molar-refractivity contribution < 1.29 is 45.8 Å². The number of nitro benzene ring substituents is 2. The first-order valence-electron chi connectivity index (χ1n) is 14.4. The van der Waals surface area contributed by atoms with Crippen molar-refractivity contribution in [1.29, 1.82) is 0 Å². The van der Waals surface area contributed by atoms with Gasteiger partial charge in [-0.1, -0.05) is 60.7 Å². The van der Waals surface area contributed by atoms with Crippen LogP contribution in [0, 0.1) is 20.2 Å². The Morgan fingerprint density at radius 2 is 0.900 bits per heavy atom. The van der Waals surface area contributed by atoms with Gasteiger partial charge in [0.2, 0.25) is 0 Å². The summed E-state index contributed by atoms with van der Waals surface area (Å²) < 4.78 is 79.9. The molecule has 256 valence electrons. The van der Waals surface area contributed by atoms with Crippen molar-refractivity contribution in [2.24, 2.45) is 0 Å². The zero-order valence-electron chi connectivity index (χ0n) is 25.3. The lowest BCUT2D eigenvalue weighted by Crippen LogP contribution is -2.22. The third-order valence-electron chi connectivity index (χ3n) is 7.55. The van der Waals surface area contributed by atoms with Gasteiger partial charge < -0.3 is 9.13 Å². The van der Waals surface area contributed by atoms with Crippen molar-refractivity contribution in [3.05, 3.63) is 152 Å². The Labute approximate surface area is 277 Å². The highest BCUT2D eigenvalue weighted by molar-refractivity contribution is 6.11. The molecule has 0 aliphatic rings. The smallest absolute Gasteiger partial charge is 0.342 e. The lowest BCUT2D eigenvalue weighted by molar-refractivity contribution is -0.384. The lowest BCUT2D eigenvalue weighted by Gasteiger charge is -2.05. The predicted octanol–water partition coefficient (Wildman–Crippen LogP) is 8.69. The number of nitrogens with zero attached hydrogens (tertiary/aromatic N) is 4. The van der Waals surface area contributed by atoms with Gasteiger partial charge in [0.1, 0.15) is 0 Å². The summed E-state index contributed by atoms with van der Waals surface area (Å²) in [5.74, 6) is -3.95. The molecule has 0 aliphatic heterocycles. The highest BCUT2D eigenvalue weighted by Gasteiger charge is 2.42. The van der Waals surface area contributed by atoms with E-state index in [-0.39, 0.29) is 46.3 Å². The summed E-state index contributed by atoms with van der Waals surface area (Å²) in [6, 6.07) is 24.6. The molecule has 2 aromatic heterocycles. The zero-order valence-corrected chi connectivity index (χ0v) is 25.3. The number of alkyl halides is 6. The molecule has 0 amide bonds. The molecule has 0 unspecified atom stereocenters. The van der Waals surface area contributed by atoms with E-state index in [1.54, 1.807) is 60.7 Å². The van der Waals surface area contributed by atoms with E-state index in [2.05, 4.69) is 0 Å². The molecule has 0 N–H and O–H groups in total. The van der Waals surface area contributed by atoms with Crippen LogP contribution in [-0.2, 0) is 13.1 Å². The van der Waals surface area contributed by atoms with Gasteiger partial charge in [-0.05, 0) is 23.3 Å². The fourth-order valence-electron chi connectivity index (χ4n) is 5.28. The second-order valence-corrected chi connectivity index (χ2v) is 10.9. The Bertz CT molecular complexity index is 2080. The largest absolute Gasteiger partial charge is 0.454 e. The summed E-state index contributed by atoms with van der Waals surface area (Å²) >= 11 is 0. The molecule has 0 radical (unpaired) electrons. The third-order valence-corrected chi connectivity index (χ3v) is 7.55. The highest BCUT2D eigenvalue weighted by atomic mass is 19.4. The van der Waals surface area contributed by atoms with Gasteiger partial charge in [0.25, 0.3) is 22.9 Å². The summed E-state index contributed by atoms with van der Waals surface area (Å²) in [7, 11) is 0. The molecule has 2 heterocycles. The van der Waals surface area contributed by atoms with E-state index >= 15 is 0 Å². The van der Waals surface area contributed by atoms with Crippen molar-refractivity contribution in [2.45, 2.75) is 25.4 Å². The average Bonchev–Trinajstić information content (AvgIpc) is 3.61. The Morgan fingerprint density at radius 1 is 0.560 bits per heavy atom. The maximum atomic E-state index is 12.8. The molecule has 0 saturated carbocycles. The molecule has 16 heteroatoms. The van der Waals surface area contributed by atoms with Gasteiger partial charge in [0.05, 0.1) is 32.0 Å². The first-order chi connectivity index (χ1) is 23.5. The number of Topliss-reactive ketones (excluding diaryl/α,β-unsaturated/α-hetero) is 2. The average molecular weight is 697 g/mol. The number of hydrogen-bond acceptors (Lipinski definition) is 6. The van der Waals surface area contributed by atoms with E-state index in [4.69, 9.17) is 0 Å². The van der Waals surface area contributed by atoms with Crippen LogP contribution >= 0.6 is 0 Å². The molecule has 4 aromatic carbocycles. The minimum Gasteiger partial charge on any atom is -0.342 e. The molecule has 0 spiro atoms. The number of fused-ring (bicyclic) bond motifs is 2. The van der Waals surface area contributed by atoms with Crippen molar-refractivity contribution >= 4 is 44.7 Å². The molecular weight excluding hydrogens is 674 g/mol. The number of rotatable bonds is 8. The first kappa shape index (κ1) is 35.0. The summed E-state index contributed by atoms with van der Waals surface area (Å²) in [5.41, 5.74) is 0.420. The standard InChI is InChI=1S/2C17H11F3N2O3/c2*18-17(19,20)16(23)14-10-21(9-11-4-2-1-3-5-11)15-8-12(22(24)25)6-7-13(14)15/h2*1-8,10H,9H2. The summed E-state index contributed by atoms with van der Waals surface area (Å²) in [6.07, 6.45) is -7.85. The SMILES string of the molecule is O=C(c1cn(Cc2ccccc2)c2cc([N+](=O)[O-])ccc12)C(F)(F)F.O=C(c1cn(Cc2ccccc2)c2cc([N+](=O)[O-])ccc12)C(F)(F)F. The molecule has 0 fully saturated rings. The summed E-state index contributed by atoms with van der Waals surface area (Å²) in [4.78, 5) is 44.0. The van der Waals surface area contributed by atoms with Crippen molar-refractivity contribution in [1.82, 2.24) is 9.13 Å². The highest BCUT2D eigenvalue weighted by Crippen LogP contribution is 2.33. The molecule has 10 nitrogen and oxygen atoms in total. The molecule has 0 atom stereocenters. The van der Waals surface area contributed by atoms with Crippen molar-refractivity contribution in [3.63, 3.8) is 0 Å². The van der Waals surface area contributed by atoms with E-state index in [1.165, 1.54) is 33.4 Å². The first-order valence-corrected chi connectivity index (χ1v) is 14.4. The van der Waals surface area contributed by atoms with Gasteiger partial charge >= 0.3 is 12.4 Å². The second-order valence-electron chi connectivity index (χ2n) is 10.9. The van der Waals surface area contributed by atoms with E-state index in [1.807, 2.05) is 0 Å². The normalized spacial score (nSPS) is 11.6. The Kier molecular flexibility index (Phi) is 9.56. The van der Waals surface area contributed by atoms with Crippen molar-refractivity contribution in [3.8, 4) is 0 Å². The maximum Gasteiger partial charge on any atom is 0.454 e. The number of ketones is 2. The predicted molar refractivity (Wildman–Crippen MR) is 169 cm³/mol. The van der Waals surface area contributed by atoms with E-state index < -0.39 is 44.9 Å². The number of nitro groups is 2. The van der Waals surface area contributed by atoms with Crippen LogP contribution in [0.5, 0.6) is 0 Å². The molecule has 6 aromatic rings. The maximum absolute atomic E-state index is 12.8. The fraction of sp³-hybridized carbons (Fsp3) is 0.118. The van der Waals surface area contributed by atoms with Gasteiger partial charge in [-0.15, -0.1) is 0 Å². The number of halogens is 6. The van der Waals surface area contributed by atoms with Crippen LogP contribution in [0.25, 0.3) is 21.8 Å². The van der Waals surface area contributed by atoms with Crippen LogP contribution in [0.4, 0.5) is 37.7 Å². The molecule has 0 bridgehead atoms. The van der Waals surface area contributed by atoms with Gasteiger partial charge in [-0.3, -0.25) is 29.8 Å². The summed E-state index contributed by atoms with van der Waals surface area (Å²) in [6.45, 7) is 0.368. The monoisotopic (exact) mass is 696 g/mol. The number of hydrogen-bond donors (Lipinski definition) is 0. The molecule has 0 saturated heterocycles. The van der Waals surface area contributed by atoms with E-state index in [0.29, 0.717) is 0 Å². The number of benzene rings is 4. The Hall–Kier alpha value is -6.32. The van der Waals surface area contributed by atoms with Crippen LogP contribution in [0.3, 0.4) is 0 Å². The fourth-order valence-corrected chi connectivity index (χ4v) is 5.28. The zero-order chi connectivity index (χ0) is 36.4. The van der Waals surface area contributed by atoms with E-state index in [0.717, 1.165) is 35.7 Å².